The summed E-state index contributed by atoms with van der Waals surface area (Å²) >= 11 is 1.61. The molecule has 130 valence electrons. The first-order chi connectivity index (χ1) is 11.6. The molecule has 1 aliphatic heterocycles. The maximum absolute atomic E-state index is 12.3. The Morgan fingerprint density at radius 3 is 2.83 bits per heavy atom. The van der Waals surface area contributed by atoms with Crippen molar-refractivity contribution in [2.75, 3.05) is 31.6 Å². The van der Waals surface area contributed by atoms with Gasteiger partial charge in [0, 0.05) is 23.2 Å². The molecular weight excluding hydrogens is 322 g/mol. The van der Waals surface area contributed by atoms with Crippen molar-refractivity contribution in [2.24, 2.45) is 5.92 Å². The number of thioether (sulfide) groups is 1. The predicted octanol–water partition coefficient (Wildman–Crippen LogP) is 2.72. The number of nitrogens with zero attached hydrogens (tertiary/aromatic N) is 2. The highest BCUT2D eigenvalue weighted by molar-refractivity contribution is 8.00. The molecule has 0 bridgehead atoms. The number of hydrogen-bond acceptors (Lipinski definition) is 5. The Labute approximate surface area is 148 Å². The van der Waals surface area contributed by atoms with Crippen LogP contribution >= 0.6 is 11.8 Å². The number of para-hydroxylation sites is 1. The van der Waals surface area contributed by atoms with Gasteiger partial charge >= 0.3 is 0 Å². The number of rotatable bonds is 7. The first-order valence-corrected chi connectivity index (χ1v) is 9.26. The molecule has 1 heterocycles. The van der Waals surface area contributed by atoms with Crippen LogP contribution < -0.4 is 5.32 Å². The molecule has 1 aromatic carbocycles. The molecule has 1 saturated heterocycles. The van der Waals surface area contributed by atoms with Gasteiger partial charge in [-0.15, -0.1) is 11.8 Å². The molecule has 0 saturated carbocycles. The van der Waals surface area contributed by atoms with Crippen LogP contribution in [0.25, 0.3) is 0 Å². The number of nitriles is 1. The highest BCUT2D eigenvalue weighted by atomic mass is 32.2. The molecular formula is C18H25N3O2S. The first kappa shape index (κ1) is 18.8. The van der Waals surface area contributed by atoms with Crippen LogP contribution in [0.4, 0.5) is 5.69 Å². The number of aliphatic hydroxyl groups is 1. The summed E-state index contributed by atoms with van der Waals surface area (Å²) in [7, 11) is 0. The van der Waals surface area contributed by atoms with Gasteiger partial charge in [0.05, 0.1) is 18.3 Å². The molecule has 0 aromatic heterocycles. The minimum absolute atomic E-state index is 0.0153. The minimum Gasteiger partial charge on any atom is -0.396 e. The van der Waals surface area contributed by atoms with Crippen molar-refractivity contribution in [3.63, 3.8) is 0 Å². The van der Waals surface area contributed by atoms with Crippen LogP contribution in [-0.4, -0.2) is 47.4 Å². The second-order valence-corrected chi connectivity index (χ2v) is 7.72. The van der Waals surface area contributed by atoms with Gasteiger partial charge in [-0.05, 0) is 44.0 Å². The number of piperidine rings is 1. The molecule has 1 atom stereocenters. The number of anilines is 1. The number of hydrogen-bond donors (Lipinski definition) is 2. The summed E-state index contributed by atoms with van der Waals surface area (Å²) in [5, 5.41) is 21.2. The number of benzene rings is 1. The average molecular weight is 347 g/mol. The number of likely N-dealkylation sites (tertiary alicyclic amines) is 1. The molecule has 0 aliphatic carbocycles. The lowest BCUT2D eigenvalue weighted by molar-refractivity contribution is -0.117. The Kier molecular flexibility index (Phi) is 7.57. The van der Waals surface area contributed by atoms with Crippen LogP contribution in [0.1, 0.15) is 26.2 Å². The number of carbonyl (C=O) groups is 1. The summed E-state index contributed by atoms with van der Waals surface area (Å²) in [6, 6.07) is 9.90. The van der Waals surface area contributed by atoms with Crippen LogP contribution in [-0.2, 0) is 4.79 Å². The van der Waals surface area contributed by atoms with E-state index in [-0.39, 0.29) is 17.8 Å². The Balaban J connectivity index is 1.89. The van der Waals surface area contributed by atoms with Crippen LogP contribution in [0.5, 0.6) is 0 Å². The molecule has 1 amide bonds. The molecule has 0 unspecified atom stereocenters. The molecule has 5 nitrogen and oxygen atoms in total. The van der Waals surface area contributed by atoms with Gasteiger partial charge in [0.15, 0.2) is 0 Å². The predicted molar refractivity (Wildman–Crippen MR) is 96.9 cm³/mol. The van der Waals surface area contributed by atoms with Crippen molar-refractivity contribution in [3.8, 4) is 6.07 Å². The summed E-state index contributed by atoms with van der Waals surface area (Å²) in [4.78, 5) is 15.5. The Morgan fingerprint density at radius 1 is 1.46 bits per heavy atom. The van der Waals surface area contributed by atoms with Crippen molar-refractivity contribution in [1.29, 1.82) is 5.26 Å². The summed E-state index contributed by atoms with van der Waals surface area (Å²) in [6.07, 6.45) is 2.37. The third kappa shape index (κ3) is 5.82. The fourth-order valence-electron chi connectivity index (χ4n) is 2.78. The van der Waals surface area contributed by atoms with E-state index in [0.29, 0.717) is 18.9 Å². The van der Waals surface area contributed by atoms with Crippen LogP contribution in [0.2, 0.25) is 0 Å². The van der Waals surface area contributed by atoms with E-state index in [9.17, 15) is 9.90 Å². The maximum atomic E-state index is 12.3. The summed E-state index contributed by atoms with van der Waals surface area (Å²) in [6.45, 7) is 4.34. The van der Waals surface area contributed by atoms with Crippen LogP contribution in [0.3, 0.4) is 0 Å². The van der Waals surface area contributed by atoms with E-state index in [1.165, 1.54) is 0 Å². The van der Waals surface area contributed by atoms with E-state index >= 15 is 0 Å². The van der Waals surface area contributed by atoms with E-state index in [1.807, 2.05) is 31.2 Å². The van der Waals surface area contributed by atoms with Crippen molar-refractivity contribution in [2.45, 2.75) is 36.3 Å². The Bertz CT molecular complexity index is 580. The van der Waals surface area contributed by atoms with Gasteiger partial charge in [0.25, 0.3) is 0 Å². The van der Waals surface area contributed by atoms with Gasteiger partial charge in [-0.2, -0.15) is 5.26 Å². The molecule has 6 heteroatoms. The molecule has 1 fully saturated rings. The molecule has 1 aliphatic rings. The summed E-state index contributed by atoms with van der Waals surface area (Å²) in [5.41, 5.74) is 0.808. The largest absolute Gasteiger partial charge is 0.396 e. The third-order valence-electron chi connectivity index (χ3n) is 4.20. The SMILES string of the molecule is C[C@@H](CC#N)Sc1ccccc1NC(=O)CN1CCC(CO)CC1. The minimum atomic E-state index is -0.0153. The third-order valence-corrected chi connectivity index (χ3v) is 5.38. The fourth-order valence-corrected chi connectivity index (χ4v) is 3.77. The second kappa shape index (κ2) is 9.67. The van der Waals surface area contributed by atoms with E-state index in [4.69, 9.17) is 5.26 Å². The van der Waals surface area contributed by atoms with Crippen molar-refractivity contribution in [1.82, 2.24) is 4.90 Å². The standard InChI is InChI=1S/C18H25N3O2S/c1-14(6-9-19)24-17-5-3-2-4-16(17)20-18(23)12-21-10-7-15(13-22)8-11-21/h2-5,14-15,22H,6-8,10-13H2,1H3,(H,20,23)/t14-/m0/s1. The number of aliphatic hydroxyl groups excluding tert-OH is 1. The zero-order valence-electron chi connectivity index (χ0n) is 14.1. The van der Waals surface area contributed by atoms with Crippen molar-refractivity contribution >= 4 is 23.4 Å². The van der Waals surface area contributed by atoms with E-state index < -0.39 is 0 Å². The molecule has 2 rings (SSSR count). The maximum Gasteiger partial charge on any atom is 0.238 e. The fraction of sp³-hybridized carbons (Fsp3) is 0.556. The lowest BCUT2D eigenvalue weighted by atomic mass is 9.98. The molecule has 24 heavy (non-hydrogen) atoms. The summed E-state index contributed by atoms with van der Waals surface area (Å²) in [5.74, 6) is 0.362. The van der Waals surface area contributed by atoms with Gasteiger partial charge < -0.3 is 10.4 Å². The lowest BCUT2D eigenvalue weighted by Gasteiger charge is -2.30. The highest BCUT2D eigenvalue weighted by Crippen LogP contribution is 2.31. The highest BCUT2D eigenvalue weighted by Gasteiger charge is 2.20. The number of amides is 1. The van der Waals surface area contributed by atoms with Crippen LogP contribution in [0, 0.1) is 17.2 Å². The quantitative estimate of drug-likeness (QED) is 0.742. The molecule has 0 spiro atoms. The van der Waals surface area contributed by atoms with Gasteiger partial charge in [0.1, 0.15) is 0 Å². The molecule has 0 radical (unpaired) electrons. The smallest absolute Gasteiger partial charge is 0.238 e. The van der Waals surface area contributed by atoms with Crippen molar-refractivity contribution in [3.05, 3.63) is 24.3 Å². The summed E-state index contributed by atoms with van der Waals surface area (Å²) < 4.78 is 0. The number of carbonyl (C=O) groups excluding carboxylic acids is 1. The van der Waals surface area contributed by atoms with E-state index in [0.717, 1.165) is 36.5 Å². The van der Waals surface area contributed by atoms with Crippen LogP contribution in [0.15, 0.2) is 29.2 Å². The normalized spacial score (nSPS) is 17.2. The molecule has 2 N–H and O–H groups in total. The molecule has 1 aromatic rings. The first-order valence-electron chi connectivity index (χ1n) is 8.38. The zero-order chi connectivity index (χ0) is 17.4. The van der Waals surface area contributed by atoms with E-state index in [1.54, 1.807) is 11.8 Å². The van der Waals surface area contributed by atoms with Crippen molar-refractivity contribution < 1.29 is 9.90 Å². The van der Waals surface area contributed by atoms with Gasteiger partial charge in [-0.25, -0.2) is 0 Å². The van der Waals surface area contributed by atoms with Gasteiger partial charge in [-0.3, -0.25) is 9.69 Å². The van der Waals surface area contributed by atoms with Gasteiger partial charge in [-0.1, -0.05) is 19.1 Å². The van der Waals surface area contributed by atoms with E-state index in [2.05, 4.69) is 16.3 Å². The Hall–Kier alpha value is -1.55. The lowest BCUT2D eigenvalue weighted by Crippen LogP contribution is -2.39. The average Bonchev–Trinajstić information content (AvgIpc) is 2.57. The zero-order valence-corrected chi connectivity index (χ0v) is 14.9. The second-order valence-electron chi connectivity index (χ2n) is 6.24. The monoisotopic (exact) mass is 347 g/mol. The topological polar surface area (TPSA) is 76.4 Å². The number of nitrogens with one attached hydrogen (secondary N) is 1. The van der Waals surface area contributed by atoms with Gasteiger partial charge in [0.2, 0.25) is 5.91 Å². The Morgan fingerprint density at radius 2 is 2.17 bits per heavy atom.